The molecule has 3 aliphatic rings. The van der Waals surface area contributed by atoms with Crippen molar-refractivity contribution in [2.24, 2.45) is 11.3 Å². The fraction of sp³-hybridized carbons (Fsp3) is 0.414. The van der Waals surface area contributed by atoms with Gasteiger partial charge in [-0.15, -0.1) is 0 Å². The summed E-state index contributed by atoms with van der Waals surface area (Å²) in [4.78, 5) is 44.7. The van der Waals surface area contributed by atoms with Gasteiger partial charge in [-0.25, -0.2) is 0 Å². The number of furan rings is 1. The number of methoxy groups -OCH3 is 1. The molecular weight excluding hydrogens is 470 g/mol. The number of anilines is 1. The summed E-state index contributed by atoms with van der Waals surface area (Å²) in [6.07, 6.45) is 2.91. The van der Waals surface area contributed by atoms with Gasteiger partial charge in [0.25, 0.3) is 5.91 Å². The number of nitrogens with zero attached hydrogens (tertiary/aromatic N) is 3. The molecule has 0 bridgehead atoms. The average molecular weight is 502 g/mol. The van der Waals surface area contributed by atoms with Crippen LogP contribution in [0.4, 0.5) is 5.69 Å². The molecular formula is C29H31N3O5. The Morgan fingerprint density at radius 3 is 2.43 bits per heavy atom. The third-order valence-corrected chi connectivity index (χ3v) is 8.34. The first-order valence-corrected chi connectivity index (χ1v) is 13.0. The van der Waals surface area contributed by atoms with E-state index in [0.717, 1.165) is 30.3 Å². The van der Waals surface area contributed by atoms with Gasteiger partial charge in [-0.3, -0.25) is 14.4 Å². The zero-order chi connectivity index (χ0) is 25.6. The Balaban J connectivity index is 1.07. The van der Waals surface area contributed by atoms with E-state index in [0.29, 0.717) is 49.8 Å². The standard InChI is InChI=1S/C29H31N3O5/c1-36-23-9-5-6-20-16-24(37-26(20)23)28(35)30-13-10-29(11-14-30)12-15-31(19-29)27(34)21-17-25(33)32(18-21)22-7-3-2-4-8-22/h2-9,16,21H,10-15,17-19H2,1H3. The third kappa shape index (κ3) is 4.24. The predicted molar refractivity (Wildman–Crippen MR) is 138 cm³/mol. The highest BCUT2D eigenvalue weighted by molar-refractivity contribution is 6.00. The van der Waals surface area contributed by atoms with Crippen LogP contribution in [0.3, 0.4) is 0 Å². The second kappa shape index (κ2) is 9.25. The van der Waals surface area contributed by atoms with Crippen molar-refractivity contribution in [2.45, 2.75) is 25.7 Å². The van der Waals surface area contributed by atoms with Gasteiger partial charge in [0.1, 0.15) is 0 Å². The summed E-state index contributed by atoms with van der Waals surface area (Å²) in [6, 6.07) is 16.9. The number of fused-ring (bicyclic) bond motifs is 1. The van der Waals surface area contributed by atoms with Gasteiger partial charge in [-0.1, -0.05) is 30.3 Å². The van der Waals surface area contributed by atoms with E-state index in [-0.39, 0.29) is 35.5 Å². The molecule has 0 aliphatic carbocycles. The topological polar surface area (TPSA) is 83.3 Å². The Bertz CT molecular complexity index is 1340. The molecule has 1 spiro atoms. The van der Waals surface area contributed by atoms with Crippen LogP contribution in [0.1, 0.15) is 36.2 Å². The lowest BCUT2D eigenvalue weighted by Gasteiger charge is -2.39. The Labute approximate surface area is 215 Å². The molecule has 3 saturated heterocycles. The van der Waals surface area contributed by atoms with Gasteiger partial charge >= 0.3 is 0 Å². The van der Waals surface area contributed by atoms with Gasteiger partial charge in [0.05, 0.1) is 13.0 Å². The highest BCUT2D eigenvalue weighted by Gasteiger charge is 2.46. The van der Waals surface area contributed by atoms with Gasteiger partial charge in [0.2, 0.25) is 11.8 Å². The van der Waals surface area contributed by atoms with Crippen molar-refractivity contribution in [1.82, 2.24) is 9.80 Å². The molecule has 8 nitrogen and oxygen atoms in total. The summed E-state index contributed by atoms with van der Waals surface area (Å²) in [5, 5.41) is 0.845. The number of carbonyl (C=O) groups is 3. The molecule has 3 fully saturated rings. The number of hydrogen-bond donors (Lipinski definition) is 0. The predicted octanol–water partition coefficient (Wildman–Crippen LogP) is 3.95. The molecule has 1 atom stereocenters. The number of likely N-dealkylation sites (tertiary alicyclic amines) is 2. The third-order valence-electron chi connectivity index (χ3n) is 8.34. The number of para-hydroxylation sites is 2. The Morgan fingerprint density at radius 2 is 1.70 bits per heavy atom. The quantitative estimate of drug-likeness (QED) is 0.541. The van der Waals surface area contributed by atoms with Crippen molar-refractivity contribution < 1.29 is 23.5 Å². The van der Waals surface area contributed by atoms with Crippen molar-refractivity contribution in [3.05, 3.63) is 60.4 Å². The summed E-state index contributed by atoms with van der Waals surface area (Å²) in [6.45, 7) is 3.13. The van der Waals surface area contributed by atoms with E-state index in [1.807, 2.05) is 58.3 Å². The zero-order valence-corrected chi connectivity index (χ0v) is 21.0. The molecule has 8 heteroatoms. The SMILES string of the molecule is COc1cccc2cc(C(=O)N3CCC4(CC3)CCN(C(=O)C3CC(=O)N(c5ccccc5)C3)C4)oc12. The molecule has 3 aliphatic heterocycles. The van der Waals surface area contributed by atoms with E-state index in [2.05, 4.69) is 0 Å². The van der Waals surface area contributed by atoms with Crippen LogP contribution in [-0.2, 0) is 9.59 Å². The van der Waals surface area contributed by atoms with E-state index in [9.17, 15) is 14.4 Å². The summed E-state index contributed by atoms with van der Waals surface area (Å²) in [7, 11) is 1.59. The van der Waals surface area contributed by atoms with Crippen LogP contribution in [0.25, 0.3) is 11.0 Å². The van der Waals surface area contributed by atoms with E-state index in [4.69, 9.17) is 9.15 Å². The number of hydrogen-bond acceptors (Lipinski definition) is 5. The zero-order valence-electron chi connectivity index (χ0n) is 21.0. The molecule has 0 saturated carbocycles. The van der Waals surface area contributed by atoms with Crippen molar-refractivity contribution >= 4 is 34.4 Å². The van der Waals surface area contributed by atoms with Crippen LogP contribution in [0, 0.1) is 11.3 Å². The van der Waals surface area contributed by atoms with Crippen LogP contribution in [0.2, 0.25) is 0 Å². The molecule has 37 heavy (non-hydrogen) atoms. The number of ether oxygens (including phenoxy) is 1. The Hall–Kier alpha value is -3.81. The molecule has 2 aromatic carbocycles. The number of amides is 3. The van der Waals surface area contributed by atoms with Crippen LogP contribution in [-0.4, -0.2) is 67.4 Å². The monoisotopic (exact) mass is 501 g/mol. The second-order valence-corrected chi connectivity index (χ2v) is 10.5. The molecule has 6 rings (SSSR count). The molecule has 3 aromatic rings. The maximum absolute atomic E-state index is 13.4. The number of benzene rings is 2. The van der Waals surface area contributed by atoms with Gasteiger partial charge < -0.3 is 23.9 Å². The maximum atomic E-state index is 13.4. The minimum Gasteiger partial charge on any atom is -0.493 e. The minimum atomic E-state index is -0.297. The molecule has 4 heterocycles. The molecule has 192 valence electrons. The Kier molecular flexibility index (Phi) is 5.89. The molecule has 0 radical (unpaired) electrons. The smallest absolute Gasteiger partial charge is 0.289 e. The number of carbonyl (C=O) groups excluding carboxylic acids is 3. The van der Waals surface area contributed by atoms with Gasteiger partial charge in [0, 0.05) is 50.2 Å². The van der Waals surface area contributed by atoms with Crippen LogP contribution >= 0.6 is 0 Å². The van der Waals surface area contributed by atoms with Crippen molar-refractivity contribution in [2.75, 3.05) is 44.7 Å². The first kappa shape index (κ1) is 23.6. The lowest BCUT2D eigenvalue weighted by Crippen LogP contribution is -2.45. The second-order valence-electron chi connectivity index (χ2n) is 10.5. The Morgan fingerprint density at radius 1 is 0.973 bits per heavy atom. The molecule has 1 unspecified atom stereocenters. The van der Waals surface area contributed by atoms with Crippen molar-refractivity contribution in [3.8, 4) is 5.75 Å². The van der Waals surface area contributed by atoms with Crippen molar-refractivity contribution in [3.63, 3.8) is 0 Å². The summed E-state index contributed by atoms with van der Waals surface area (Å²) >= 11 is 0. The lowest BCUT2D eigenvalue weighted by molar-refractivity contribution is -0.135. The van der Waals surface area contributed by atoms with Gasteiger partial charge in [0.15, 0.2) is 17.1 Å². The van der Waals surface area contributed by atoms with E-state index in [1.54, 1.807) is 18.1 Å². The van der Waals surface area contributed by atoms with Gasteiger partial charge in [-0.2, -0.15) is 0 Å². The molecule has 0 N–H and O–H groups in total. The fourth-order valence-electron chi connectivity index (χ4n) is 6.16. The summed E-state index contributed by atoms with van der Waals surface area (Å²) in [5.74, 6) is 0.624. The molecule has 3 amide bonds. The fourth-order valence-corrected chi connectivity index (χ4v) is 6.16. The summed E-state index contributed by atoms with van der Waals surface area (Å²) < 4.78 is 11.2. The van der Waals surface area contributed by atoms with Crippen molar-refractivity contribution in [1.29, 1.82) is 0 Å². The van der Waals surface area contributed by atoms with E-state index in [1.165, 1.54) is 0 Å². The highest BCUT2D eigenvalue weighted by atomic mass is 16.5. The lowest BCUT2D eigenvalue weighted by atomic mass is 9.77. The van der Waals surface area contributed by atoms with Crippen LogP contribution < -0.4 is 9.64 Å². The number of rotatable bonds is 4. The highest BCUT2D eigenvalue weighted by Crippen LogP contribution is 2.42. The van der Waals surface area contributed by atoms with Crippen LogP contribution in [0.5, 0.6) is 5.75 Å². The van der Waals surface area contributed by atoms with E-state index >= 15 is 0 Å². The van der Waals surface area contributed by atoms with Gasteiger partial charge in [-0.05, 0) is 48.9 Å². The maximum Gasteiger partial charge on any atom is 0.289 e. The molecule has 1 aromatic heterocycles. The largest absolute Gasteiger partial charge is 0.493 e. The summed E-state index contributed by atoms with van der Waals surface area (Å²) in [5.41, 5.74) is 1.47. The first-order valence-electron chi connectivity index (χ1n) is 13.0. The average Bonchev–Trinajstić information content (AvgIpc) is 3.66. The minimum absolute atomic E-state index is 0.00786. The first-order chi connectivity index (χ1) is 18.0. The van der Waals surface area contributed by atoms with Crippen LogP contribution in [0.15, 0.2) is 59.0 Å². The van der Waals surface area contributed by atoms with E-state index < -0.39 is 0 Å². The normalized spacial score (nSPS) is 21.3. The number of piperidine rings is 1.